The Bertz CT molecular complexity index is 251. The van der Waals surface area contributed by atoms with Crippen LogP contribution in [0.3, 0.4) is 0 Å². The fourth-order valence-electron chi connectivity index (χ4n) is 1.19. The Balaban J connectivity index is 0.000000671. The van der Waals surface area contributed by atoms with Gasteiger partial charge in [-0.1, -0.05) is 45.4 Å². The van der Waals surface area contributed by atoms with E-state index in [-0.39, 0.29) is 0 Å². The van der Waals surface area contributed by atoms with Crippen molar-refractivity contribution < 1.29 is 0 Å². The maximum absolute atomic E-state index is 5.79. The minimum Gasteiger partial charge on any atom is -0.398 e. The van der Waals surface area contributed by atoms with E-state index in [1.165, 1.54) is 11.1 Å². The van der Waals surface area contributed by atoms with Crippen LogP contribution in [0.25, 0.3) is 0 Å². The molecule has 13 heavy (non-hydrogen) atoms. The summed E-state index contributed by atoms with van der Waals surface area (Å²) in [4.78, 5) is 0. The minimum atomic E-state index is 0.523. The third kappa shape index (κ3) is 3.49. The van der Waals surface area contributed by atoms with Crippen LogP contribution >= 0.6 is 0 Å². The van der Waals surface area contributed by atoms with Crippen LogP contribution in [0.15, 0.2) is 18.2 Å². The molecule has 0 unspecified atom stereocenters. The van der Waals surface area contributed by atoms with Crippen molar-refractivity contribution >= 4 is 5.69 Å². The summed E-state index contributed by atoms with van der Waals surface area (Å²) >= 11 is 0. The Morgan fingerprint density at radius 2 is 1.69 bits per heavy atom. The SMILES string of the molecule is CC.Cc1ccc(N)c(C(C)C)c1. The first-order valence-corrected chi connectivity index (χ1v) is 4.97. The lowest BCUT2D eigenvalue weighted by Crippen LogP contribution is -1.96. The van der Waals surface area contributed by atoms with E-state index in [1.807, 2.05) is 26.0 Å². The quantitative estimate of drug-likeness (QED) is 0.653. The topological polar surface area (TPSA) is 26.0 Å². The van der Waals surface area contributed by atoms with Crippen LogP contribution in [0, 0.1) is 6.92 Å². The van der Waals surface area contributed by atoms with E-state index in [0.29, 0.717) is 5.92 Å². The van der Waals surface area contributed by atoms with Gasteiger partial charge in [-0.05, 0) is 24.5 Å². The number of rotatable bonds is 1. The number of hydrogen-bond donors (Lipinski definition) is 1. The standard InChI is InChI=1S/C10H15N.C2H6/c1-7(2)9-6-8(3)4-5-10(9)11;1-2/h4-7H,11H2,1-3H3;1-2H3. The largest absolute Gasteiger partial charge is 0.398 e. The molecule has 0 amide bonds. The minimum absolute atomic E-state index is 0.523. The third-order valence-corrected chi connectivity index (χ3v) is 1.86. The number of nitrogens with two attached hydrogens (primary N) is 1. The number of aryl methyl sites for hydroxylation is 1. The normalized spacial score (nSPS) is 9.38. The first-order chi connectivity index (χ1) is 6.11. The lowest BCUT2D eigenvalue weighted by atomic mass is 9.99. The fraction of sp³-hybridized carbons (Fsp3) is 0.500. The number of hydrogen-bond acceptors (Lipinski definition) is 1. The molecule has 0 radical (unpaired) electrons. The molecule has 0 atom stereocenters. The number of benzene rings is 1. The molecule has 1 rings (SSSR count). The molecule has 0 fully saturated rings. The van der Waals surface area contributed by atoms with Crippen LogP contribution < -0.4 is 5.73 Å². The van der Waals surface area contributed by atoms with Crippen molar-refractivity contribution in [3.8, 4) is 0 Å². The Hall–Kier alpha value is -0.980. The van der Waals surface area contributed by atoms with Gasteiger partial charge in [0.2, 0.25) is 0 Å². The second-order valence-electron chi connectivity index (χ2n) is 3.29. The lowest BCUT2D eigenvalue weighted by Gasteiger charge is -2.09. The molecule has 0 spiro atoms. The highest BCUT2D eigenvalue weighted by Gasteiger charge is 2.02. The summed E-state index contributed by atoms with van der Waals surface area (Å²) in [6, 6.07) is 6.17. The highest BCUT2D eigenvalue weighted by Crippen LogP contribution is 2.22. The average Bonchev–Trinajstić information content (AvgIpc) is 2.12. The number of anilines is 1. The molecular formula is C12H21N. The Morgan fingerprint density at radius 1 is 1.15 bits per heavy atom. The highest BCUT2D eigenvalue weighted by atomic mass is 14.6. The predicted octanol–water partition coefficient (Wildman–Crippen LogP) is 3.73. The van der Waals surface area contributed by atoms with Crippen molar-refractivity contribution in [1.82, 2.24) is 0 Å². The summed E-state index contributed by atoms with van der Waals surface area (Å²) in [5, 5.41) is 0. The monoisotopic (exact) mass is 179 g/mol. The van der Waals surface area contributed by atoms with Gasteiger partial charge in [0.25, 0.3) is 0 Å². The van der Waals surface area contributed by atoms with Gasteiger partial charge in [-0.25, -0.2) is 0 Å². The van der Waals surface area contributed by atoms with Gasteiger partial charge in [0.05, 0.1) is 0 Å². The summed E-state index contributed by atoms with van der Waals surface area (Å²) in [5.41, 5.74) is 9.23. The van der Waals surface area contributed by atoms with Crippen molar-refractivity contribution in [1.29, 1.82) is 0 Å². The maximum Gasteiger partial charge on any atom is 0.0349 e. The summed E-state index contributed by atoms with van der Waals surface area (Å²) in [5.74, 6) is 0.523. The van der Waals surface area contributed by atoms with Gasteiger partial charge in [-0.15, -0.1) is 0 Å². The molecule has 0 saturated carbocycles. The average molecular weight is 179 g/mol. The van der Waals surface area contributed by atoms with Crippen molar-refractivity contribution in [2.45, 2.75) is 40.5 Å². The molecule has 1 aromatic carbocycles. The van der Waals surface area contributed by atoms with Gasteiger partial charge >= 0.3 is 0 Å². The van der Waals surface area contributed by atoms with E-state index in [0.717, 1.165) is 5.69 Å². The Morgan fingerprint density at radius 3 is 2.08 bits per heavy atom. The molecule has 74 valence electrons. The Labute approximate surface area is 82.0 Å². The van der Waals surface area contributed by atoms with Crippen molar-refractivity contribution in [2.24, 2.45) is 0 Å². The molecule has 0 heterocycles. The molecule has 0 aliphatic heterocycles. The molecular weight excluding hydrogens is 158 g/mol. The third-order valence-electron chi connectivity index (χ3n) is 1.86. The summed E-state index contributed by atoms with van der Waals surface area (Å²) < 4.78 is 0. The highest BCUT2D eigenvalue weighted by molar-refractivity contribution is 5.49. The fourth-order valence-corrected chi connectivity index (χ4v) is 1.19. The maximum atomic E-state index is 5.79. The van der Waals surface area contributed by atoms with Crippen molar-refractivity contribution in [3.63, 3.8) is 0 Å². The molecule has 0 aromatic heterocycles. The van der Waals surface area contributed by atoms with Crippen molar-refractivity contribution in [2.75, 3.05) is 5.73 Å². The van der Waals surface area contributed by atoms with Gasteiger partial charge in [0.1, 0.15) is 0 Å². The Kier molecular flexibility index (Phi) is 5.20. The summed E-state index contributed by atoms with van der Waals surface area (Å²) in [6.45, 7) is 10.4. The van der Waals surface area contributed by atoms with E-state index in [4.69, 9.17) is 5.73 Å². The van der Waals surface area contributed by atoms with E-state index in [9.17, 15) is 0 Å². The van der Waals surface area contributed by atoms with Gasteiger partial charge in [0.15, 0.2) is 0 Å². The first kappa shape index (κ1) is 12.0. The molecule has 0 saturated heterocycles. The van der Waals surface area contributed by atoms with Crippen LogP contribution in [0.2, 0.25) is 0 Å². The number of nitrogen functional groups attached to an aromatic ring is 1. The van der Waals surface area contributed by atoms with Gasteiger partial charge < -0.3 is 5.73 Å². The molecule has 0 aliphatic rings. The molecule has 1 heteroatoms. The van der Waals surface area contributed by atoms with E-state index < -0.39 is 0 Å². The van der Waals surface area contributed by atoms with Crippen LogP contribution in [0.4, 0.5) is 5.69 Å². The molecule has 1 nitrogen and oxygen atoms in total. The summed E-state index contributed by atoms with van der Waals surface area (Å²) in [6.07, 6.45) is 0. The van der Waals surface area contributed by atoms with Gasteiger partial charge in [0, 0.05) is 5.69 Å². The zero-order valence-corrected chi connectivity index (χ0v) is 9.39. The first-order valence-electron chi connectivity index (χ1n) is 4.97. The second-order valence-corrected chi connectivity index (χ2v) is 3.29. The van der Waals surface area contributed by atoms with Crippen LogP contribution in [0.1, 0.15) is 44.7 Å². The smallest absolute Gasteiger partial charge is 0.0349 e. The van der Waals surface area contributed by atoms with Crippen LogP contribution in [-0.2, 0) is 0 Å². The summed E-state index contributed by atoms with van der Waals surface area (Å²) in [7, 11) is 0. The molecule has 0 aliphatic carbocycles. The van der Waals surface area contributed by atoms with Gasteiger partial charge in [-0.3, -0.25) is 0 Å². The van der Waals surface area contributed by atoms with E-state index in [1.54, 1.807) is 0 Å². The van der Waals surface area contributed by atoms with E-state index >= 15 is 0 Å². The van der Waals surface area contributed by atoms with E-state index in [2.05, 4.69) is 26.8 Å². The van der Waals surface area contributed by atoms with Crippen LogP contribution in [-0.4, -0.2) is 0 Å². The zero-order chi connectivity index (χ0) is 10.4. The molecule has 0 bridgehead atoms. The lowest BCUT2D eigenvalue weighted by molar-refractivity contribution is 0.868. The van der Waals surface area contributed by atoms with Gasteiger partial charge in [-0.2, -0.15) is 0 Å². The van der Waals surface area contributed by atoms with Crippen LogP contribution in [0.5, 0.6) is 0 Å². The zero-order valence-electron chi connectivity index (χ0n) is 9.39. The predicted molar refractivity (Wildman–Crippen MR) is 61.0 cm³/mol. The van der Waals surface area contributed by atoms with Crippen molar-refractivity contribution in [3.05, 3.63) is 29.3 Å². The molecule has 1 aromatic rings. The second kappa shape index (κ2) is 5.63. The molecule has 2 N–H and O–H groups in total.